The minimum absolute atomic E-state index is 0.132. The van der Waals surface area contributed by atoms with Crippen LogP contribution in [0.2, 0.25) is 14.4 Å². The predicted molar refractivity (Wildman–Crippen MR) is 66.1 cm³/mol. The summed E-state index contributed by atoms with van der Waals surface area (Å²) in [7, 11) is 0. The standard InChI is InChI=1S/C9H8Cl3NO2S/c10-5-6(11)8(12)16-7(5)9(14)13-1-3-15-4-2-13/h1-4H2. The van der Waals surface area contributed by atoms with Crippen LogP contribution in [0.1, 0.15) is 9.67 Å². The van der Waals surface area contributed by atoms with Gasteiger partial charge in [-0.05, 0) is 0 Å². The topological polar surface area (TPSA) is 29.5 Å². The first-order valence-electron chi connectivity index (χ1n) is 4.61. The van der Waals surface area contributed by atoms with Crippen molar-refractivity contribution in [2.45, 2.75) is 0 Å². The second-order valence-corrected chi connectivity index (χ2v) is 5.62. The van der Waals surface area contributed by atoms with E-state index < -0.39 is 0 Å². The Labute approximate surface area is 112 Å². The van der Waals surface area contributed by atoms with Crippen molar-refractivity contribution >= 4 is 52.0 Å². The molecule has 1 aromatic heterocycles. The summed E-state index contributed by atoms with van der Waals surface area (Å²) in [6.07, 6.45) is 0. The fourth-order valence-electron chi connectivity index (χ4n) is 1.41. The summed E-state index contributed by atoms with van der Waals surface area (Å²) in [4.78, 5) is 14.2. The molecule has 0 spiro atoms. The van der Waals surface area contributed by atoms with Gasteiger partial charge in [0.1, 0.15) is 9.21 Å². The molecule has 1 amide bonds. The summed E-state index contributed by atoms with van der Waals surface area (Å²) in [5.74, 6) is -0.132. The van der Waals surface area contributed by atoms with E-state index in [0.29, 0.717) is 35.5 Å². The van der Waals surface area contributed by atoms with Crippen molar-refractivity contribution in [1.82, 2.24) is 4.90 Å². The largest absolute Gasteiger partial charge is 0.378 e. The van der Waals surface area contributed by atoms with Gasteiger partial charge in [0, 0.05) is 13.1 Å². The van der Waals surface area contributed by atoms with Crippen LogP contribution in [0.3, 0.4) is 0 Å². The van der Waals surface area contributed by atoms with E-state index in [1.165, 1.54) is 0 Å². The summed E-state index contributed by atoms with van der Waals surface area (Å²) in [5.41, 5.74) is 0. The van der Waals surface area contributed by atoms with Gasteiger partial charge in [0.25, 0.3) is 5.91 Å². The van der Waals surface area contributed by atoms with Gasteiger partial charge in [0.05, 0.1) is 23.3 Å². The molecule has 88 valence electrons. The van der Waals surface area contributed by atoms with Gasteiger partial charge in [0.15, 0.2) is 0 Å². The molecule has 2 heterocycles. The van der Waals surface area contributed by atoms with Crippen LogP contribution < -0.4 is 0 Å². The third-order valence-electron chi connectivity index (χ3n) is 2.25. The van der Waals surface area contributed by atoms with E-state index in [4.69, 9.17) is 39.5 Å². The van der Waals surface area contributed by atoms with Gasteiger partial charge >= 0.3 is 0 Å². The minimum Gasteiger partial charge on any atom is -0.378 e. The van der Waals surface area contributed by atoms with Gasteiger partial charge in [-0.1, -0.05) is 34.8 Å². The Hall–Kier alpha value is -0.0000000000000000763. The molecule has 0 atom stereocenters. The SMILES string of the molecule is O=C(c1sc(Cl)c(Cl)c1Cl)N1CCOCC1. The van der Waals surface area contributed by atoms with Gasteiger partial charge in [-0.25, -0.2) is 0 Å². The predicted octanol–water partition coefficient (Wildman–Crippen LogP) is 3.18. The molecule has 16 heavy (non-hydrogen) atoms. The number of halogens is 3. The highest BCUT2D eigenvalue weighted by Gasteiger charge is 2.25. The average Bonchev–Trinajstić information content (AvgIpc) is 2.57. The van der Waals surface area contributed by atoms with E-state index >= 15 is 0 Å². The Morgan fingerprint density at radius 3 is 2.31 bits per heavy atom. The number of thiophene rings is 1. The Morgan fingerprint density at radius 2 is 1.81 bits per heavy atom. The molecule has 7 heteroatoms. The normalized spacial score (nSPS) is 16.6. The molecule has 0 aromatic carbocycles. The molecule has 1 aliphatic rings. The van der Waals surface area contributed by atoms with Crippen molar-refractivity contribution in [1.29, 1.82) is 0 Å². The van der Waals surface area contributed by atoms with Crippen molar-refractivity contribution in [3.8, 4) is 0 Å². The number of hydrogen-bond donors (Lipinski definition) is 0. The maximum atomic E-state index is 12.1. The number of carbonyl (C=O) groups is 1. The fraction of sp³-hybridized carbons (Fsp3) is 0.444. The zero-order valence-corrected chi connectivity index (χ0v) is 11.2. The summed E-state index contributed by atoms with van der Waals surface area (Å²) in [6.45, 7) is 2.25. The van der Waals surface area contributed by atoms with E-state index in [-0.39, 0.29) is 16.0 Å². The minimum atomic E-state index is -0.132. The zero-order valence-electron chi connectivity index (χ0n) is 8.13. The van der Waals surface area contributed by atoms with Crippen LogP contribution in [0.15, 0.2) is 0 Å². The van der Waals surface area contributed by atoms with Gasteiger partial charge < -0.3 is 9.64 Å². The number of amides is 1. The molecule has 1 saturated heterocycles. The van der Waals surface area contributed by atoms with Crippen molar-refractivity contribution in [2.24, 2.45) is 0 Å². The van der Waals surface area contributed by atoms with Gasteiger partial charge in [-0.2, -0.15) is 0 Å². The quantitative estimate of drug-likeness (QED) is 0.797. The summed E-state index contributed by atoms with van der Waals surface area (Å²) in [5, 5.41) is 0.498. The molecule has 1 aliphatic heterocycles. The van der Waals surface area contributed by atoms with Crippen LogP contribution in [0.4, 0.5) is 0 Å². The van der Waals surface area contributed by atoms with Crippen LogP contribution in [0, 0.1) is 0 Å². The highest BCUT2D eigenvalue weighted by Crippen LogP contribution is 2.40. The highest BCUT2D eigenvalue weighted by molar-refractivity contribution is 7.19. The molecule has 1 aromatic rings. The molecule has 0 saturated carbocycles. The lowest BCUT2D eigenvalue weighted by atomic mass is 10.3. The second-order valence-electron chi connectivity index (χ2n) is 3.24. The molecule has 0 bridgehead atoms. The molecule has 2 rings (SSSR count). The Bertz CT molecular complexity index is 415. The molecule has 0 unspecified atom stereocenters. The molecule has 0 aliphatic carbocycles. The number of rotatable bonds is 1. The average molecular weight is 301 g/mol. The van der Waals surface area contributed by atoms with Crippen LogP contribution in [-0.4, -0.2) is 37.1 Å². The molecule has 0 N–H and O–H groups in total. The van der Waals surface area contributed by atoms with E-state index in [1.54, 1.807) is 4.90 Å². The van der Waals surface area contributed by atoms with Crippen molar-refractivity contribution < 1.29 is 9.53 Å². The lowest BCUT2D eigenvalue weighted by Crippen LogP contribution is -2.40. The maximum absolute atomic E-state index is 12.1. The van der Waals surface area contributed by atoms with Crippen LogP contribution in [0.5, 0.6) is 0 Å². The van der Waals surface area contributed by atoms with E-state index in [2.05, 4.69) is 0 Å². The van der Waals surface area contributed by atoms with Crippen molar-refractivity contribution in [3.05, 3.63) is 19.3 Å². The number of ether oxygens (including phenoxy) is 1. The first kappa shape index (κ1) is 12.5. The summed E-state index contributed by atoms with van der Waals surface area (Å²) in [6, 6.07) is 0. The third kappa shape index (κ3) is 2.31. The second kappa shape index (κ2) is 5.10. The van der Waals surface area contributed by atoms with E-state index in [0.717, 1.165) is 11.3 Å². The fourth-order valence-corrected chi connectivity index (χ4v) is 3.18. The lowest BCUT2D eigenvalue weighted by molar-refractivity contribution is 0.0306. The van der Waals surface area contributed by atoms with Gasteiger partial charge in [-0.3, -0.25) is 4.79 Å². The van der Waals surface area contributed by atoms with Gasteiger partial charge in [0.2, 0.25) is 0 Å². The third-order valence-corrected chi connectivity index (χ3v) is 4.81. The van der Waals surface area contributed by atoms with E-state index in [1.807, 2.05) is 0 Å². The summed E-state index contributed by atoms with van der Waals surface area (Å²) >= 11 is 18.7. The van der Waals surface area contributed by atoms with Crippen molar-refractivity contribution in [3.63, 3.8) is 0 Å². The lowest BCUT2D eigenvalue weighted by Gasteiger charge is -2.26. The maximum Gasteiger partial charge on any atom is 0.265 e. The molecular formula is C9H8Cl3NO2S. The summed E-state index contributed by atoms with van der Waals surface area (Å²) < 4.78 is 5.52. The molecule has 3 nitrogen and oxygen atoms in total. The molecule has 1 fully saturated rings. The Morgan fingerprint density at radius 1 is 1.19 bits per heavy atom. The van der Waals surface area contributed by atoms with Crippen molar-refractivity contribution in [2.75, 3.05) is 26.3 Å². The van der Waals surface area contributed by atoms with Crippen LogP contribution in [-0.2, 0) is 4.74 Å². The first-order valence-corrected chi connectivity index (χ1v) is 6.56. The number of morpholine rings is 1. The monoisotopic (exact) mass is 299 g/mol. The van der Waals surface area contributed by atoms with Crippen LogP contribution in [0.25, 0.3) is 0 Å². The van der Waals surface area contributed by atoms with E-state index in [9.17, 15) is 4.79 Å². The first-order chi connectivity index (χ1) is 7.61. The highest BCUT2D eigenvalue weighted by atomic mass is 35.5. The smallest absolute Gasteiger partial charge is 0.265 e. The van der Waals surface area contributed by atoms with Gasteiger partial charge in [-0.15, -0.1) is 11.3 Å². The zero-order chi connectivity index (χ0) is 11.7. The number of hydrogen-bond acceptors (Lipinski definition) is 3. The molecule has 0 radical (unpaired) electrons. The number of nitrogens with zero attached hydrogens (tertiary/aromatic N) is 1. The molecular weight excluding hydrogens is 293 g/mol. The number of carbonyl (C=O) groups excluding carboxylic acids is 1. The van der Waals surface area contributed by atoms with Crippen LogP contribution >= 0.6 is 46.1 Å². The Kier molecular flexibility index (Phi) is 3.97. The Balaban J connectivity index is 2.22.